The van der Waals surface area contributed by atoms with Crippen molar-refractivity contribution in [3.63, 3.8) is 0 Å². The molecule has 0 radical (unpaired) electrons. The molecule has 1 saturated carbocycles. The average molecular weight is 388 g/mol. The average Bonchev–Trinajstić information content (AvgIpc) is 3.36. The van der Waals surface area contributed by atoms with Crippen LogP contribution < -0.4 is 4.74 Å². The Kier molecular flexibility index (Phi) is 6.03. The summed E-state index contributed by atoms with van der Waals surface area (Å²) in [5, 5.41) is 10.2. The summed E-state index contributed by atoms with van der Waals surface area (Å²) in [5.41, 5.74) is 1.10. The van der Waals surface area contributed by atoms with Gasteiger partial charge < -0.3 is 9.47 Å². The van der Waals surface area contributed by atoms with Crippen molar-refractivity contribution in [1.82, 2.24) is 14.8 Å². The van der Waals surface area contributed by atoms with Crippen molar-refractivity contribution in [3.05, 3.63) is 24.3 Å². The second kappa shape index (κ2) is 8.65. The maximum Gasteiger partial charge on any atom is 0.191 e. The highest BCUT2D eigenvalue weighted by Crippen LogP contribution is 2.39. The molecular formula is C21H29N3O2S. The lowest BCUT2D eigenvalue weighted by atomic mass is 9.85. The van der Waals surface area contributed by atoms with E-state index < -0.39 is 0 Å². The topological polar surface area (TPSA) is 49.2 Å². The van der Waals surface area contributed by atoms with Crippen molar-refractivity contribution >= 4 is 11.8 Å². The second-order valence-corrected chi connectivity index (χ2v) is 8.67. The molecule has 5 nitrogen and oxygen atoms in total. The van der Waals surface area contributed by atoms with Gasteiger partial charge in [0.05, 0.1) is 13.2 Å². The zero-order valence-corrected chi connectivity index (χ0v) is 17.1. The summed E-state index contributed by atoms with van der Waals surface area (Å²) in [6, 6.07) is 8.64. The van der Waals surface area contributed by atoms with Gasteiger partial charge in [-0.1, -0.05) is 31.5 Å². The van der Waals surface area contributed by atoms with E-state index in [2.05, 4.69) is 33.8 Å². The van der Waals surface area contributed by atoms with Gasteiger partial charge in [-0.2, -0.15) is 0 Å². The molecule has 3 atom stereocenters. The summed E-state index contributed by atoms with van der Waals surface area (Å²) in [4.78, 5) is 0. The predicted molar refractivity (Wildman–Crippen MR) is 108 cm³/mol. The number of methoxy groups -OCH3 is 1. The zero-order valence-electron chi connectivity index (χ0n) is 16.3. The van der Waals surface area contributed by atoms with Gasteiger partial charge in [0.15, 0.2) is 11.0 Å². The molecule has 0 unspecified atom stereocenters. The van der Waals surface area contributed by atoms with Crippen LogP contribution in [0.2, 0.25) is 0 Å². The smallest absolute Gasteiger partial charge is 0.191 e. The molecular weight excluding hydrogens is 358 g/mol. The molecule has 2 aliphatic rings. The predicted octanol–water partition coefficient (Wildman–Crippen LogP) is 4.98. The van der Waals surface area contributed by atoms with Gasteiger partial charge in [0, 0.05) is 24.0 Å². The van der Waals surface area contributed by atoms with Crippen molar-refractivity contribution in [2.24, 2.45) is 5.92 Å². The van der Waals surface area contributed by atoms with Gasteiger partial charge in [-0.15, -0.1) is 10.2 Å². The second-order valence-electron chi connectivity index (χ2n) is 7.68. The first-order valence-corrected chi connectivity index (χ1v) is 11.1. The fourth-order valence-corrected chi connectivity index (χ4v) is 5.29. The van der Waals surface area contributed by atoms with E-state index in [4.69, 9.17) is 9.47 Å². The summed E-state index contributed by atoms with van der Waals surface area (Å²) in [6.45, 7) is 3.27. The SMILES string of the molecule is COc1ccc(-c2nnc(SC[C@@H]3CCCO3)n2[C@H]2CCCC[C@@H]2C)cc1. The molecule has 4 rings (SSSR count). The van der Waals surface area contributed by atoms with Gasteiger partial charge in [0.1, 0.15) is 5.75 Å². The first-order chi connectivity index (χ1) is 13.3. The first-order valence-electron chi connectivity index (χ1n) is 10.1. The molecule has 0 amide bonds. The van der Waals surface area contributed by atoms with Crippen LogP contribution in [-0.4, -0.2) is 40.3 Å². The number of nitrogens with zero attached hydrogens (tertiary/aromatic N) is 3. The third kappa shape index (κ3) is 4.16. The molecule has 146 valence electrons. The fourth-order valence-electron chi connectivity index (χ4n) is 4.23. The van der Waals surface area contributed by atoms with Crippen LogP contribution in [0.5, 0.6) is 5.75 Å². The Balaban J connectivity index is 1.64. The van der Waals surface area contributed by atoms with Crippen molar-refractivity contribution in [2.45, 2.75) is 62.8 Å². The van der Waals surface area contributed by atoms with Crippen LogP contribution in [0, 0.1) is 5.92 Å². The number of ether oxygens (including phenoxy) is 2. The lowest BCUT2D eigenvalue weighted by Crippen LogP contribution is -2.23. The number of aromatic nitrogens is 3. The zero-order chi connectivity index (χ0) is 18.6. The Hall–Kier alpha value is -1.53. The molecule has 0 N–H and O–H groups in total. The minimum atomic E-state index is 0.355. The summed E-state index contributed by atoms with van der Waals surface area (Å²) in [6.07, 6.45) is 7.78. The normalized spacial score (nSPS) is 25.6. The van der Waals surface area contributed by atoms with Crippen molar-refractivity contribution in [2.75, 3.05) is 19.5 Å². The van der Waals surface area contributed by atoms with E-state index in [0.717, 1.165) is 41.1 Å². The highest BCUT2D eigenvalue weighted by molar-refractivity contribution is 7.99. The Bertz CT molecular complexity index is 740. The Morgan fingerprint density at radius 2 is 1.93 bits per heavy atom. The molecule has 1 aromatic carbocycles. The third-order valence-electron chi connectivity index (χ3n) is 5.83. The van der Waals surface area contributed by atoms with Crippen molar-refractivity contribution in [1.29, 1.82) is 0 Å². The summed E-state index contributed by atoms with van der Waals surface area (Å²) in [7, 11) is 1.70. The number of rotatable bonds is 6. The molecule has 6 heteroatoms. The first kappa shape index (κ1) is 18.8. The van der Waals surface area contributed by atoms with Crippen LogP contribution in [0.15, 0.2) is 29.4 Å². The Labute approximate surface area is 165 Å². The quantitative estimate of drug-likeness (QED) is 0.655. The molecule has 2 aromatic rings. The molecule has 2 heterocycles. The van der Waals surface area contributed by atoms with Crippen LogP contribution >= 0.6 is 11.8 Å². The van der Waals surface area contributed by atoms with Crippen LogP contribution in [0.3, 0.4) is 0 Å². The third-order valence-corrected chi connectivity index (χ3v) is 6.91. The number of benzene rings is 1. The molecule has 1 saturated heterocycles. The summed E-state index contributed by atoms with van der Waals surface area (Å²) in [5.74, 6) is 3.45. The maximum absolute atomic E-state index is 5.81. The Morgan fingerprint density at radius 3 is 2.63 bits per heavy atom. The van der Waals surface area contributed by atoms with E-state index in [9.17, 15) is 0 Å². The van der Waals surface area contributed by atoms with Gasteiger partial charge in [-0.3, -0.25) is 4.57 Å². The maximum atomic E-state index is 5.81. The van der Waals surface area contributed by atoms with Crippen molar-refractivity contribution < 1.29 is 9.47 Å². The largest absolute Gasteiger partial charge is 0.497 e. The molecule has 0 spiro atoms. The fraction of sp³-hybridized carbons (Fsp3) is 0.619. The summed E-state index contributed by atoms with van der Waals surface area (Å²) >= 11 is 1.80. The van der Waals surface area contributed by atoms with E-state index in [1.807, 2.05) is 12.1 Å². The van der Waals surface area contributed by atoms with E-state index in [0.29, 0.717) is 18.1 Å². The van der Waals surface area contributed by atoms with Gasteiger partial charge >= 0.3 is 0 Å². The standard InChI is InChI=1S/C21H29N3O2S/c1-15-6-3-4-8-19(15)24-20(16-9-11-17(25-2)12-10-16)22-23-21(24)27-14-18-7-5-13-26-18/h9-12,15,18-19H,3-8,13-14H2,1-2H3/t15-,18-,19-/m0/s1. The van der Waals surface area contributed by atoms with Gasteiger partial charge in [0.25, 0.3) is 0 Å². The molecule has 1 aromatic heterocycles. The van der Waals surface area contributed by atoms with Crippen molar-refractivity contribution in [3.8, 4) is 17.1 Å². The highest BCUT2D eigenvalue weighted by atomic mass is 32.2. The minimum Gasteiger partial charge on any atom is -0.497 e. The van der Waals surface area contributed by atoms with E-state index in [-0.39, 0.29) is 0 Å². The van der Waals surface area contributed by atoms with Crippen LogP contribution in [-0.2, 0) is 4.74 Å². The number of hydrogen-bond acceptors (Lipinski definition) is 5. The van der Waals surface area contributed by atoms with Gasteiger partial charge in [-0.25, -0.2) is 0 Å². The van der Waals surface area contributed by atoms with E-state index in [1.54, 1.807) is 18.9 Å². The van der Waals surface area contributed by atoms with E-state index >= 15 is 0 Å². The monoisotopic (exact) mass is 387 g/mol. The molecule has 1 aliphatic carbocycles. The minimum absolute atomic E-state index is 0.355. The number of thioether (sulfide) groups is 1. The summed E-state index contributed by atoms with van der Waals surface area (Å²) < 4.78 is 13.5. The highest BCUT2D eigenvalue weighted by Gasteiger charge is 2.29. The van der Waals surface area contributed by atoms with Crippen LogP contribution in [0.25, 0.3) is 11.4 Å². The lowest BCUT2D eigenvalue weighted by Gasteiger charge is -2.31. The van der Waals surface area contributed by atoms with Gasteiger partial charge in [-0.05, 0) is 55.9 Å². The number of hydrogen-bond donors (Lipinski definition) is 0. The lowest BCUT2D eigenvalue weighted by molar-refractivity contribution is 0.128. The van der Waals surface area contributed by atoms with Crippen LogP contribution in [0.1, 0.15) is 51.5 Å². The molecule has 27 heavy (non-hydrogen) atoms. The molecule has 0 bridgehead atoms. The van der Waals surface area contributed by atoms with Crippen LogP contribution in [0.4, 0.5) is 0 Å². The molecule has 1 aliphatic heterocycles. The van der Waals surface area contributed by atoms with E-state index in [1.165, 1.54) is 32.1 Å². The Morgan fingerprint density at radius 1 is 1.11 bits per heavy atom. The van der Waals surface area contributed by atoms with Gasteiger partial charge in [0.2, 0.25) is 0 Å². The molecule has 2 fully saturated rings.